The van der Waals surface area contributed by atoms with Gasteiger partial charge in [-0.3, -0.25) is 9.59 Å². The van der Waals surface area contributed by atoms with Crippen molar-refractivity contribution in [3.05, 3.63) is 60.7 Å². The number of carbonyl (C=O) groups is 2. The van der Waals surface area contributed by atoms with Crippen LogP contribution in [0.5, 0.6) is 11.5 Å². The third-order valence-corrected chi connectivity index (χ3v) is 5.13. The van der Waals surface area contributed by atoms with E-state index in [1.807, 2.05) is 0 Å². The zero-order valence-corrected chi connectivity index (χ0v) is 15.7. The van der Waals surface area contributed by atoms with Gasteiger partial charge in [-0.15, -0.1) is 0 Å². The molecule has 0 aliphatic carbocycles. The highest BCUT2D eigenvalue weighted by molar-refractivity contribution is 6.03. The molecule has 3 aromatic rings. The van der Waals surface area contributed by atoms with Crippen molar-refractivity contribution in [2.75, 3.05) is 23.6 Å². The van der Waals surface area contributed by atoms with Crippen molar-refractivity contribution < 1.29 is 23.5 Å². The average molecular weight is 408 g/mol. The summed E-state index contributed by atoms with van der Waals surface area (Å²) in [6, 6.07) is 11.3. The standard InChI is InChI=1S/C21H17FN4O4/c22-16-9-14(2-4-17(16)26-7-1-6-23-26)24-21(28)13-8-20(27)25(11-13)15-3-5-18-19(10-15)30-12-29-18/h1-7,9-10,13H,8,11-12H2,(H,24,28)/t13-/m1/s1. The van der Waals surface area contributed by atoms with Crippen LogP contribution in [0.2, 0.25) is 0 Å². The van der Waals surface area contributed by atoms with Crippen LogP contribution in [-0.4, -0.2) is 34.9 Å². The monoisotopic (exact) mass is 408 g/mol. The van der Waals surface area contributed by atoms with E-state index >= 15 is 0 Å². The smallest absolute Gasteiger partial charge is 0.231 e. The number of carbonyl (C=O) groups excluding carboxylic acids is 2. The van der Waals surface area contributed by atoms with Crippen LogP contribution in [0.25, 0.3) is 5.69 Å². The summed E-state index contributed by atoms with van der Waals surface area (Å²) in [6.45, 7) is 0.381. The van der Waals surface area contributed by atoms with E-state index in [0.717, 1.165) is 0 Å². The van der Waals surface area contributed by atoms with Crippen molar-refractivity contribution in [2.45, 2.75) is 6.42 Å². The Morgan fingerprint density at radius 3 is 2.83 bits per heavy atom. The third kappa shape index (κ3) is 3.24. The molecule has 30 heavy (non-hydrogen) atoms. The summed E-state index contributed by atoms with van der Waals surface area (Å²) in [5.74, 6) is -0.356. The lowest BCUT2D eigenvalue weighted by Crippen LogP contribution is -2.28. The number of nitrogens with one attached hydrogen (secondary N) is 1. The van der Waals surface area contributed by atoms with Crippen molar-refractivity contribution in [2.24, 2.45) is 5.92 Å². The molecule has 2 aliphatic heterocycles. The van der Waals surface area contributed by atoms with Crippen molar-refractivity contribution in [3.8, 4) is 17.2 Å². The normalized spacial score (nSPS) is 17.4. The van der Waals surface area contributed by atoms with Crippen LogP contribution in [0.4, 0.5) is 15.8 Å². The minimum Gasteiger partial charge on any atom is -0.454 e. The molecule has 0 unspecified atom stereocenters. The largest absolute Gasteiger partial charge is 0.454 e. The fraction of sp³-hybridized carbons (Fsp3) is 0.190. The SMILES string of the molecule is O=C(Nc1ccc(-n2cccn2)c(F)c1)[C@@H]1CC(=O)N(c2ccc3c(c2)OCO3)C1. The van der Waals surface area contributed by atoms with Gasteiger partial charge in [0.1, 0.15) is 5.69 Å². The van der Waals surface area contributed by atoms with Crippen LogP contribution in [0.3, 0.4) is 0 Å². The maximum absolute atomic E-state index is 14.4. The number of benzene rings is 2. The first-order chi connectivity index (χ1) is 14.6. The molecular formula is C21H17FN4O4. The summed E-state index contributed by atoms with van der Waals surface area (Å²) >= 11 is 0. The number of amides is 2. The molecule has 152 valence electrons. The van der Waals surface area contributed by atoms with Crippen LogP contribution in [0.1, 0.15) is 6.42 Å². The molecule has 3 heterocycles. The molecule has 9 heteroatoms. The van der Waals surface area contributed by atoms with Gasteiger partial charge in [0.15, 0.2) is 17.3 Å². The van der Waals surface area contributed by atoms with Gasteiger partial charge in [-0.25, -0.2) is 9.07 Å². The minimum absolute atomic E-state index is 0.0775. The zero-order valence-electron chi connectivity index (χ0n) is 15.7. The van der Waals surface area contributed by atoms with E-state index in [1.54, 1.807) is 47.6 Å². The quantitative estimate of drug-likeness (QED) is 0.718. The predicted octanol–water partition coefficient (Wildman–Crippen LogP) is 2.73. The Bertz CT molecular complexity index is 1130. The molecule has 1 saturated heterocycles. The molecule has 2 amide bonds. The highest BCUT2D eigenvalue weighted by Crippen LogP contribution is 2.37. The summed E-state index contributed by atoms with van der Waals surface area (Å²) in [4.78, 5) is 26.7. The van der Waals surface area contributed by atoms with Gasteiger partial charge >= 0.3 is 0 Å². The third-order valence-electron chi connectivity index (χ3n) is 5.13. The molecule has 0 spiro atoms. The van der Waals surface area contributed by atoms with E-state index in [1.165, 1.54) is 16.8 Å². The van der Waals surface area contributed by atoms with E-state index in [4.69, 9.17) is 9.47 Å². The average Bonchev–Trinajstić information content (AvgIpc) is 3.48. The molecule has 0 bridgehead atoms. The molecule has 2 aromatic carbocycles. The number of aromatic nitrogens is 2. The summed E-state index contributed by atoms with van der Waals surface area (Å²) in [5.41, 5.74) is 1.25. The van der Waals surface area contributed by atoms with Gasteiger partial charge in [0.05, 0.1) is 5.92 Å². The van der Waals surface area contributed by atoms with Crippen LogP contribution in [-0.2, 0) is 9.59 Å². The lowest BCUT2D eigenvalue weighted by molar-refractivity contribution is -0.122. The summed E-state index contributed by atoms with van der Waals surface area (Å²) in [6.07, 6.45) is 3.26. The number of fused-ring (bicyclic) bond motifs is 1. The fourth-order valence-electron chi connectivity index (χ4n) is 3.61. The Labute approximate surface area is 170 Å². The summed E-state index contributed by atoms with van der Waals surface area (Å²) in [5, 5.41) is 6.70. The highest BCUT2D eigenvalue weighted by Gasteiger charge is 2.35. The maximum atomic E-state index is 14.4. The van der Waals surface area contributed by atoms with Crippen molar-refractivity contribution in [3.63, 3.8) is 0 Å². The molecular weight excluding hydrogens is 391 g/mol. The van der Waals surface area contributed by atoms with Gasteiger partial charge in [-0.1, -0.05) is 0 Å². The molecule has 1 N–H and O–H groups in total. The second-order valence-electron chi connectivity index (χ2n) is 7.05. The fourth-order valence-corrected chi connectivity index (χ4v) is 3.61. The van der Waals surface area contributed by atoms with Gasteiger partial charge in [-0.05, 0) is 36.4 Å². The number of halogens is 1. The topological polar surface area (TPSA) is 85.7 Å². The molecule has 1 fully saturated rings. The van der Waals surface area contributed by atoms with Gasteiger partial charge in [-0.2, -0.15) is 5.10 Å². The van der Waals surface area contributed by atoms with Gasteiger partial charge in [0.2, 0.25) is 18.6 Å². The van der Waals surface area contributed by atoms with Crippen LogP contribution in [0.15, 0.2) is 54.9 Å². The first kappa shape index (κ1) is 18.2. The second kappa shape index (κ2) is 7.18. The van der Waals surface area contributed by atoms with Gasteiger partial charge < -0.3 is 19.7 Å². The number of anilines is 2. The van der Waals surface area contributed by atoms with E-state index < -0.39 is 11.7 Å². The molecule has 8 nitrogen and oxygen atoms in total. The zero-order chi connectivity index (χ0) is 20.7. The van der Waals surface area contributed by atoms with E-state index in [9.17, 15) is 14.0 Å². The molecule has 0 radical (unpaired) electrons. The summed E-state index contributed by atoms with van der Waals surface area (Å²) < 4.78 is 26.4. The number of hydrogen-bond acceptors (Lipinski definition) is 5. The second-order valence-corrected chi connectivity index (χ2v) is 7.05. The number of rotatable bonds is 4. The molecule has 1 aromatic heterocycles. The number of ether oxygens (including phenoxy) is 2. The predicted molar refractivity (Wildman–Crippen MR) is 105 cm³/mol. The number of nitrogens with zero attached hydrogens (tertiary/aromatic N) is 3. The maximum Gasteiger partial charge on any atom is 0.231 e. The van der Waals surface area contributed by atoms with Crippen LogP contribution >= 0.6 is 0 Å². The first-order valence-corrected chi connectivity index (χ1v) is 9.39. The van der Waals surface area contributed by atoms with Gasteiger partial charge in [0, 0.05) is 42.8 Å². The number of hydrogen-bond donors (Lipinski definition) is 1. The summed E-state index contributed by atoms with van der Waals surface area (Å²) in [7, 11) is 0. The van der Waals surface area contributed by atoms with Crippen LogP contribution in [0, 0.1) is 11.7 Å². The van der Waals surface area contributed by atoms with Crippen molar-refractivity contribution in [1.82, 2.24) is 9.78 Å². The first-order valence-electron chi connectivity index (χ1n) is 9.39. The Morgan fingerprint density at radius 1 is 1.17 bits per heavy atom. The Balaban J connectivity index is 1.28. The lowest BCUT2D eigenvalue weighted by atomic mass is 10.1. The van der Waals surface area contributed by atoms with Crippen LogP contribution < -0.4 is 19.7 Å². The molecule has 1 atom stereocenters. The molecule has 5 rings (SSSR count). The highest BCUT2D eigenvalue weighted by atomic mass is 19.1. The van der Waals surface area contributed by atoms with E-state index in [-0.39, 0.29) is 37.3 Å². The van der Waals surface area contributed by atoms with E-state index in [0.29, 0.717) is 22.9 Å². The molecule has 2 aliphatic rings. The van der Waals surface area contributed by atoms with Crippen molar-refractivity contribution >= 4 is 23.2 Å². The minimum atomic E-state index is -0.545. The van der Waals surface area contributed by atoms with Crippen molar-refractivity contribution in [1.29, 1.82) is 0 Å². The Morgan fingerprint density at radius 2 is 2.03 bits per heavy atom. The molecule has 0 saturated carbocycles. The Kier molecular flexibility index (Phi) is 4.35. The van der Waals surface area contributed by atoms with E-state index in [2.05, 4.69) is 10.4 Å². The Hall–Kier alpha value is -3.88. The van der Waals surface area contributed by atoms with Gasteiger partial charge in [0.25, 0.3) is 0 Å². The lowest BCUT2D eigenvalue weighted by Gasteiger charge is -2.17.